The number of ether oxygens (including phenoxy) is 1. The van der Waals surface area contributed by atoms with Gasteiger partial charge in [-0.3, -0.25) is 14.5 Å². The first-order chi connectivity index (χ1) is 14.6. The first-order valence-corrected chi connectivity index (χ1v) is 10.7. The molecule has 158 valence electrons. The molecule has 2 fully saturated rings. The zero-order valence-corrected chi connectivity index (χ0v) is 17.4. The van der Waals surface area contributed by atoms with E-state index in [1.165, 1.54) is 5.56 Å². The Balaban J connectivity index is 1.21. The van der Waals surface area contributed by atoms with Gasteiger partial charge in [0.15, 0.2) is 6.61 Å². The normalized spacial score (nSPS) is 21.2. The molecule has 0 radical (unpaired) electrons. The average Bonchev–Trinajstić information content (AvgIpc) is 3.51. The fourth-order valence-electron chi connectivity index (χ4n) is 3.85. The second-order valence-corrected chi connectivity index (χ2v) is 8.27. The van der Waals surface area contributed by atoms with Crippen LogP contribution in [0.3, 0.4) is 0 Å². The van der Waals surface area contributed by atoms with Crippen molar-refractivity contribution in [2.45, 2.75) is 19.9 Å². The minimum absolute atomic E-state index is 0.0229. The fourth-order valence-corrected chi connectivity index (χ4v) is 3.85. The Morgan fingerprint density at radius 2 is 1.67 bits per heavy atom. The largest absolute Gasteiger partial charge is 0.455 e. The van der Waals surface area contributed by atoms with Crippen molar-refractivity contribution >= 4 is 23.3 Å². The van der Waals surface area contributed by atoms with Gasteiger partial charge in [-0.05, 0) is 42.2 Å². The van der Waals surface area contributed by atoms with E-state index >= 15 is 0 Å². The molecular formula is C24H29N3O3. The first-order valence-electron chi connectivity index (χ1n) is 10.7. The highest BCUT2D eigenvalue weighted by molar-refractivity contribution is 5.93. The summed E-state index contributed by atoms with van der Waals surface area (Å²) in [6.07, 6.45) is 0.864. The van der Waals surface area contributed by atoms with Gasteiger partial charge in [0.1, 0.15) is 0 Å². The predicted octanol–water partition coefficient (Wildman–Crippen LogP) is 3.15. The van der Waals surface area contributed by atoms with Crippen molar-refractivity contribution in [1.29, 1.82) is 0 Å². The summed E-state index contributed by atoms with van der Waals surface area (Å²) in [5.74, 6) is -0.211. The Kier molecular flexibility index (Phi) is 6.33. The molecular weight excluding hydrogens is 378 g/mol. The summed E-state index contributed by atoms with van der Waals surface area (Å²) in [5, 5.41) is 2.79. The standard InChI is InChI=1S/C24H29N3O3/c1-18-15-22(18)24(29)30-17-23(28)25-20-7-9-21(10-8-20)27-13-11-26(12-14-27)16-19-5-3-2-4-6-19/h2-10,18,22H,11-17H2,1H3,(H,25,28). The van der Waals surface area contributed by atoms with E-state index in [-0.39, 0.29) is 24.4 Å². The molecule has 1 N–H and O–H groups in total. The van der Waals surface area contributed by atoms with E-state index in [4.69, 9.17) is 4.74 Å². The van der Waals surface area contributed by atoms with Crippen molar-refractivity contribution in [3.8, 4) is 0 Å². The summed E-state index contributed by atoms with van der Waals surface area (Å²) in [6, 6.07) is 18.4. The Labute approximate surface area is 177 Å². The van der Waals surface area contributed by atoms with Crippen molar-refractivity contribution in [1.82, 2.24) is 4.90 Å². The van der Waals surface area contributed by atoms with Gasteiger partial charge in [-0.25, -0.2) is 0 Å². The van der Waals surface area contributed by atoms with Gasteiger partial charge < -0.3 is 15.0 Å². The van der Waals surface area contributed by atoms with E-state index in [1.54, 1.807) is 0 Å². The van der Waals surface area contributed by atoms with Gasteiger partial charge in [0.25, 0.3) is 5.91 Å². The second-order valence-electron chi connectivity index (χ2n) is 8.27. The molecule has 1 saturated heterocycles. The van der Waals surface area contributed by atoms with E-state index in [0.717, 1.165) is 44.8 Å². The summed E-state index contributed by atoms with van der Waals surface area (Å²) in [4.78, 5) is 28.6. The van der Waals surface area contributed by atoms with Crippen molar-refractivity contribution in [2.24, 2.45) is 11.8 Å². The number of nitrogens with zero attached hydrogens (tertiary/aromatic N) is 2. The molecule has 2 aliphatic rings. The van der Waals surface area contributed by atoms with Crippen LogP contribution in [0, 0.1) is 11.8 Å². The summed E-state index contributed by atoms with van der Waals surface area (Å²) in [5.41, 5.74) is 3.21. The second kappa shape index (κ2) is 9.30. The number of carbonyl (C=O) groups is 2. The zero-order chi connectivity index (χ0) is 20.9. The third kappa shape index (κ3) is 5.39. The average molecular weight is 408 g/mol. The molecule has 6 nitrogen and oxygen atoms in total. The maximum absolute atomic E-state index is 12.0. The smallest absolute Gasteiger partial charge is 0.309 e. The minimum Gasteiger partial charge on any atom is -0.455 e. The monoisotopic (exact) mass is 407 g/mol. The van der Waals surface area contributed by atoms with Gasteiger partial charge in [-0.2, -0.15) is 0 Å². The number of carbonyl (C=O) groups excluding carboxylic acids is 2. The third-order valence-corrected chi connectivity index (χ3v) is 5.90. The molecule has 0 aromatic heterocycles. The van der Waals surface area contributed by atoms with E-state index < -0.39 is 0 Å². The van der Waals surface area contributed by atoms with Gasteiger partial charge in [-0.15, -0.1) is 0 Å². The van der Waals surface area contributed by atoms with Gasteiger partial charge in [0.05, 0.1) is 5.92 Å². The highest BCUT2D eigenvalue weighted by Crippen LogP contribution is 2.38. The molecule has 0 spiro atoms. The Hall–Kier alpha value is -2.86. The number of anilines is 2. The quantitative estimate of drug-likeness (QED) is 0.715. The van der Waals surface area contributed by atoms with Crippen LogP contribution in [0.4, 0.5) is 11.4 Å². The van der Waals surface area contributed by atoms with Crippen LogP contribution in [0.2, 0.25) is 0 Å². The van der Waals surface area contributed by atoms with Gasteiger partial charge >= 0.3 is 5.97 Å². The number of hydrogen-bond donors (Lipinski definition) is 1. The molecule has 2 aromatic rings. The number of benzene rings is 2. The fraction of sp³-hybridized carbons (Fsp3) is 0.417. The maximum Gasteiger partial charge on any atom is 0.309 e. The lowest BCUT2D eigenvalue weighted by Gasteiger charge is -2.36. The molecule has 6 heteroatoms. The summed E-state index contributed by atoms with van der Waals surface area (Å²) >= 11 is 0. The van der Waals surface area contributed by atoms with Gasteiger partial charge in [0, 0.05) is 44.1 Å². The lowest BCUT2D eigenvalue weighted by Crippen LogP contribution is -2.45. The molecule has 1 saturated carbocycles. The molecule has 1 aliphatic carbocycles. The van der Waals surface area contributed by atoms with E-state index in [0.29, 0.717) is 11.6 Å². The molecule has 0 bridgehead atoms. The molecule has 2 atom stereocenters. The summed E-state index contributed by atoms with van der Waals surface area (Å²) < 4.78 is 5.08. The third-order valence-electron chi connectivity index (χ3n) is 5.90. The molecule has 30 heavy (non-hydrogen) atoms. The highest BCUT2D eigenvalue weighted by atomic mass is 16.5. The van der Waals surface area contributed by atoms with Crippen molar-refractivity contribution in [3.63, 3.8) is 0 Å². The van der Waals surface area contributed by atoms with Crippen LogP contribution < -0.4 is 10.2 Å². The highest BCUT2D eigenvalue weighted by Gasteiger charge is 2.40. The van der Waals surface area contributed by atoms with Crippen molar-refractivity contribution in [2.75, 3.05) is 43.0 Å². The minimum atomic E-state index is -0.307. The first kappa shape index (κ1) is 20.4. The maximum atomic E-state index is 12.0. The van der Waals surface area contributed by atoms with Crippen molar-refractivity contribution in [3.05, 3.63) is 60.2 Å². The lowest BCUT2D eigenvalue weighted by molar-refractivity contribution is -0.148. The van der Waals surface area contributed by atoms with Crippen LogP contribution in [0.15, 0.2) is 54.6 Å². The van der Waals surface area contributed by atoms with E-state index in [2.05, 4.69) is 45.4 Å². The number of hydrogen-bond acceptors (Lipinski definition) is 5. The molecule has 2 unspecified atom stereocenters. The summed E-state index contributed by atoms with van der Waals surface area (Å²) in [6.45, 7) is 6.78. The van der Waals surface area contributed by atoms with Crippen molar-refractivity contribution < 1.29 is 14.3 Å². The van der Waals surface area contributed by atoms with Crippen LogP contribution in [0.25, 0.3) is 0 Å². The molecule has 2 aromatic carbocycles. The van der Waals surface area contributed by atoms with Crippen LogP contribution in [0.1, 0.15) is 18.9 Å². The number of nitrogens with one attached hydrogen (secondary N) is 1. The van der Waals surface area contributed by atoms with Crippen LogP contribution in [0.5, 0.6) is 0 Å². The SMILES string of the molecule is CC1CC1C(=O)OCC(=O)Nc1ccc(N2CCN(Cc3ccccc3)CC2)cc1. The molecule has 1 heterocycles. The number of amides is 1. The van der Waals surface area contributed by atoms with Gasteiger partial charge in [0.2, 0.25) is 0 Å². The zero-order valence-electron chi connectivity index (χ0n) is 17.4. The van der Waals surface area contributed by atoms with Crippen LogP contribution >= 0.6 is 0 Å². The molecule has 4 rings (SSSR count). The van der Waals surface area contributed by atoms with Crippen LogP contribution in [-0.2, 0) is 20.9 Å². The van der Waals surface area contributed by atoms with E-state index in [1.807, 2.05) is 31.2 Å². The molecule has 1 aliphatic heterocycles. The summed E-state index contributed by atoms with van der Waals surface area (Å²) in [7, 11) is 0. The Morgan fingerprint density at radius 1 is 1.00 bits per heavy atom. The number of esters is 1. The Bertz CT molecular complexity index is 861. The molecule has 1 amide bonds. The number of rotatable bonds is 7. The van der Waals surface area contributed by atoms with E-state index in [9.17, 15) is 9.59 Å². The number of piperazine rings is 1. The predicted molar refractivity (Wildman–Crippen MR) is 117 cm³/mol. The van der Waals surface area contributed by atoms with Gasteiger partial charge in [-0.1, -0.05) is 37.3 Å². The Morgan fingerprint density at radius 3 is 2.30 bits per heavy atom. The van der Waals surface area contributed by atoms with Crippen LogP contribution in [-0.4, -0.2) is 49.6 Å². The lowest BCUT2D eigenvalue weighted by atomic mass is 10.2. The topological polar surface area (TPSA) is 61.9 Å².